The number of anilines is 1. The molecule has 0 saturated heterocycles. The van der Waals surface area contributed by atoms with Gasteiger partial charge in [-0.15, -0.1) is 0 Å². The average molecular weight is 571 g/mol. The molecule has 0 saturated carbocycles. The molecule has 1 aromatic heterocycles. The van der Waals surface area contributed by atoms with Gasteiger partial charge in [-0.2, -0.15) is 0 Å². The number of aryl methyl sites for hydroxylation is 1. The van der Waals surface area contributed by atoms with Crippen LogP contribution in [-0.2, 0) is 23.1 Å². The van der Waals surface area contributed by atoms with Gasteiger partial charge in [-0.1, -0.05) is 60.1 Å². The molecule has 40 heavy (non-hydrogen) atoms. The van der Waals surface area contributed by atoms with Gasteiger partial charge in [0.05, 0.1) is 23.5 Å². The summed E-state index contributed by atoms with van der Waals surface area (Å²) in [7, 11) is -3.88. The third-order valence-corrected chi connectivity index (χ3v) is 8.51. The number of amides is 1. The van der Waals surface area contributed by atoms with Crippen LogP contribution in [0.2, 0.25) is 5.02 Å². The standard InChI is InChI=1S/C31H27ClN4O3S/c1-23-7-14-27(32)19-30(23)36(40(38,39)29-5-3-2-4-6-29)21-25-8-12-26(13-9-25)31(37)34-20-24-10-15-28(16-11-24)35-18-17-33-22-35/h2-19,22H,20-21H2,1H3,(H,34,37). The number of halogens is 1. The number of aromatic nitrogens is 2. The Bertz CT molecular complexity index is 1710. The van der Waals surface area contributed by atoms with E-state index in [2.05, 4.69) is 10.3 Å². The van der Waals surface area contributed by atoms with Gasteiger partial charge in [0.2, 0.25) is 0 Å². The maximum absolute atomic E-state index is 13.7. The van der Waals surface area contributed by atoms with Crippen LogP contribution in [0.1, 0.15) is 27.0 Å². The highest BCUT2D eigenvalue weighted by Gasteiger charge is 2.26. The molecular formula is C31H27ClN4O3S. The Morgan fingerprint density at radius 2 is 1.62 bits per heavy atom. The van der Waals surface area contributed by atoms with Crippen molar-refractivity contribution in [1.82, 2.24) is 14.9 Å². The summed E-state index contributed by atoms with van der Waals surface area (Å²) in [6.45, 7) is 2.30. The summed E-state index contributed by atoms with van der Waals surface area (Å²) >= 11 is 6.25. The van der Waals surface area contributed by atoms with Gasteiger partial charge >= 0.3 is 0 Å². The van der Waals surface area contributed by atoms with Gasteiger partial charge in [0.1, 0.15) is 0 Å². The number of hydrogen-bond donors (Lipinski definition) is 1. The number of benzene rings is 4. The lowest BCUT2D eigenvalue weighted by atomic mass is 10.1. The summed E-state index contributed by atoms with van der Waals surface area (Å²) in [6.07, 6.45) is 5.32. The second-order valence-corrected chi connectivity index (χ2v) is 11.6. The van der Waals surface area contributed by atoms with Crippen LogP contribution < -0.4 is 9.62 Å². The van der Waals surface area contributed by atoms with Gasteiger partial charge in [-0.3, -0.25) is 9.10 Å². The fourth-order valence-electron chi connectivity index (χ4n) is 4.28. The quantitative estimate of drug-likeness (QED) is 0.230. The third-order valence-electron chi connectivity index (χ3n) is 6.51. The van der Waals surface area contributed by atoms with E-state index in [1.54, 1.807) is 85.3 Å². The highest BCUT2D eigenvalue weighted by atomic mass is 35.5. The van der Waals surface area contributed by atoms with Crippen molar-refractivity contribution < 1.29 is 13.2 Å². The zero-order valence-electron chi connectivity index (χ0n) is 21.7. The van der Waals surface area contributed by atoms with Crippen LogP contribution in [0.25, 0.3) is 5.69 Å². The van der Waals surface area contributed by atoms with E-state index in [0.717, 1.165) is 22.4 Å². The largest absolute Gasteiger partial charge is 0.348 e. The average Bonchev–Trinajstić information content (AvgIpc) is 3.52. The summed E-state index contributed by atoms with van der Waals surface area (Å²) in [4.78, 5) is 17.0. The van der Waals surface area contributed by atoms with E-state index >= 15 is 0 Å². The smallest absolute Gasteiger partial charge is 0.264 e. The first kappa shape index (κ1) is 27.2. The van der Waals surface area contributed by atoms with Gasteiger partial charge in [0.15, 0.2) is 0 Å². The van der Waals surface area contributed by atoms with E-state index in [4.69, 9.17) is 11.6 Å². The molecule has 9 heteroatoms. The van der Waals surface area contributed by atoms with Gasteiger partial charge in [-0.05, 0) is 72.1 Å². The van der Waals surface area contributed by atoms with Crippen LogP contribution in [0.15, 0.2) is 121 Å². The summed E-state index contributed by atoms with van der Waals surface area (Å²) in [6, 6.07) is 28.3. The molecule has 202 valence electrons. The van der Waals surface area contributed by atoms with Crippen molar-refractivity contribution in [3.05, 3.63) is 143 Å². The number of carbonyl (C=O) groups excluding carboxylic acids is 1. The number of carbonyl (C=O) groups is 1. The highest BCUT2D eigenvalue weighted by molar-refractivity contribution is 7.92. The van der Waals surface area contributed by atoms with Crippen LogP contribution >= 0.6 is 11.6 Å². The zero-order valence-corrected chi connectivity index (χ0v) is 23.3. The van der Waals surface area contributed by atoms with Gasteiger partial charge < -0.3 is 9.88 Å². The molecule has 0 atom stereocenters. The molecule has 0 fully saturated rings. The normalized spacial score (nSPS) is 11.2. The number of hydrogen-bond acceptors (Lipinski definition) is 4. The monoisotopic (exact) mass is 570 g/mol. The lowest BCUT2D eigenvalue weighted by Gasteiger charge is -2.26. The highest BCUT2D eigenvalue weighted by Crippen LogP contribution is 2.31. The molecule has 1 amide bonds. The first-order valence-electron chi connectivity index (χ1n) is 12.6. The molecule has 1 N–H and O–H groups in total. The SMILES string of the molecule is Cc1ccc(Cl)cc1N(Cc1ccc(C(=O)NCc2ccc(-n3ccnc3)cc2)cc1)S(=O)(=O)c1ccccc1. The maximum Gasteiger partial charge on any atom is 0.264 e. The number of rotatable bonds is 9. The molecule has 0 unspecified atom stereocenters. The van der Waals surface area contributed by atoms with Crippen LogP contribution in [0.4, 0.5) is 5.69 Å². The van der Waals surface area contributed by atoms with Crippen molar-refractivity contribution in [2.75, 3.05) is 4.31 Å². The number of imidazole rings is 1. The van der Waals surface area contributed by atoms with Crippen LogP contribution in [-0.4, -0.2) is 23.9 Å². The molecule has 0 radical (unpaired) electrons. The van der Waals surface area contributed by atoms with Gasteiger partial charge in [0, 0.05) is 35.2 Å². The molecule has 7 nitrogen and oxygen atoms in total. The van der Waals surface area contributed by atoms with E-state index in [1.807, 2.05) is 42.0 Å². The van der Waals surface area contributed by atoms with Crippen LogP contribution in [0.5, 0.6) is 0 Å². The zero-order chi connectivity index (χ0) is 28.1. The van der Waals surface area contributed by atoms with E-state index < -0.39 is 10.0 Å². The van der Waals surface area contributed by atoms with Crippen molar-refractivity contribution in [3.8, 4) is 5.69 Å². The molecule has 5 aromatic rings. The fourth-order valence-corrected chi connectivity index (χ4v) is 5.98. The molecule has 0 bridgehead atoms. The molecule has 0 aliphatic carbocycles. The molecule has 0 spiro atoms. The predicted octanol–water partition coefficient (Wildman–Crippen LogP) is 6.16. The molecule has 0 aliphatic rings. The molecular weight excluding hydrogens is 544 g/mol. The van der Waals surface area contributed by atoms with Crippen molar-refractivity contribution in [1.29, 1.82) is 0 Å². The Labute approximate surface area is 238 Å². The van der Waals surface area contributed by atoms with Gasteiger partial charge in [0.25, 0.3) is 15.9 Å². The molecule has 0 aliphatic heterocycles. The van der Waals surface area contributed by atoms with E-state index in [-0.39, 0.29) is 17.3 Å². The number of sulfonamides is 1. The second-order valence-electron chi connectivity index (χ2n) is 9.27. The van der Waals surface area contributed by atoms with Crippen molar-refractivity contribution in [3.63, 3.8) is 0 Å². The fraction of sp³-hybridized carbons (Fsp3) is 0.0968. The first-order chi connectivity index (χ1) is 19.3. The summed E-state index contributed by atoms with van der Waals surface area (Å²) in [5.41, 5.74) is 4.43. The first-order valence-corrected chi connectivity index (χ1v) is 14.4. The Kier molecular flexibility index (Phi) is 8.00. The molecule has 1 heterocycles. The number of nitrogens with one attached hydrogen (secondary N) is 1. The third kappa shape index (κ3) is 6.09. The lowest BCUT2D eigenvalue weighted by molar-refractivity contribution is 0.0951. The minimum Gasteiger partial charge on any atom is -0.348 e. The minimum atomic E-state index is -3.88. The second kappa shape index (κ2) is 11.8. The Hall–Kier alpha value is -4.40. The van der Waals surface area contributed by atoms with Crippen LogP contribution in [0, 0.1) is 6.92 Å². The van der Waals surface area contributed by atoms with Crippen molar-refractivity contribution >= 4 is 33.2 Å². The van der Waals surface area contributed by atoms with Crippen molar-refractivity contribution in [2.45, 2.75) is 24.9 Å². The predicted molar refractivity (Wildman–Crippen MR) is 157 cm³/mol. The minimum absolute atomic E-state index is 0.0730. The van der Waals surface area contributed by atoms with Crippen molar-refractivity contribution in [2.24, 2.45) is 0 Å². The maximum atomic E-state index is 13.7. The van der Waals surface area contributed by atoms with Crippen LogP contribution in [0.3, 0.4) is 0 Å². The Morgan fingerprint density at radius 1 is 0.925 bits per heavy atom. The molecule has 5 rings (SSSR count). The van der Waals surface area contributed by atoms with E-state index in [1.165, 1.54) is 4.31 Å². The topological polar surface area (TPSA) is 84.3 Å². The number of nitrogens with zero attached hydrogens (tertiary/aromatic N) is 3. The van der Waals surface area contributed by atoms with Gasteiger partial charge in [-0.25, -0.2) is 13.4 Å². The van der Waals surface area contributed by atoms with E-state index in [9.17, 15) is 13.2 Å². The summed E-state index contributed by atoms with van der Waals surface area (Å²) in [5, 5.41) is 3.38. The Morgan fingerprint density at radius 3 is 2.30 bits per heavy atom. The lowest BCUT2D eigenvalue weighted by Crippen LogP contribution is -2.31. The Balaban J connectivity index is 1.31. The summed E-state index contributed by atoms with van der Waals surface area (Å²) < 4.78 is 30.7. The van der Waals surface area contributed by atoms with E-state index in [0.29, 0.717) is 22.8 Å². The summed E-state index contributed by atoms with van der Waals surface area (Å²) in [5.74, 6) is -0.218. The molecule has 4 aromatic carbocycles.